The number of benzene rings is 1. The van der Waals surface area contributed by atoms with Crippen LogP contribution in [0.3, 0.4) is 0 Å². The molecular formula is C21H31FN6O. The highest BCUT2D eigenvalue weighted by Gasteiger charge is 2.38. The van der Waals surface area contributed by atoms with Gasteiger partial charge in [-0.15, -0.1) is 5.10 Å². The minimum atomic E-state index is -0.632. The Bertz CT molecular complexity index is 791. The molecule has 1 aromatic carbocycles. The summed E-state index contributed by atoms with van der Waals surface area (Å²) in [6.45, 7) is 10.2. The van der Waals surface area contributed by atoms with Crippen LogP contribution in [0.1, 0.15) is 51.4 Å². The average molecular weight is 403 g/mol. The number of hydrogen-bond acceptors (Lipinski definition) is 5. The molecule has 0 aliphatic rings. The van der Waals surface area contributed by atoms with Crippen LogP contribution >= 0.6 is 0 Å². The molecular weight excluding hydrogens is 371 g/mol. The van der Waals surface area contributed by atoms with Crippen molar-refractivity contribution in [1.82, 2.24) is 30.8 Å². The van der Waals surface area contributed by atoms with Crippen molar-refractivity contribution in [3.8, 4) is 0 Å². The summed E-state index contributed by atoms with van der Waals surface area (Å²) in [6.07, 6.45) is 2.98. The first-order chi connectivity index (χ1) is 13.8. The van der Waals surface area contributed by atoms with E-state index in [-0.39, 0.29) is 12.6 Å². The van der Waals surface area contributed by atoms with Crippen LogP contribution in [0.4, 0.5) is 4.39 Å². The number of rotatable bonds is 12. The monoisotopic (exact) mass is 402 g/mol. The Balaban J connectivity index is 2.28. The molecule has 0 saturated heterocycles. The SMILES string of the molecule is C=CC(=O)NC(C)(C)CC(C)(NCCCCF)c1nnnn1Cc1ccccc1. The maximum absolute atomic E-state index is 12.5. The van der Waals surface area contributed by atoms with E-state index in [2.05, 4.69) is 32.7 Å². The Morgan fingerprint density at radius 1 is 1.24 bits per heavy atom. The highest BCUT2D eigenvalue weighted by atomic mass is 19.1. The summed E-state index contributed by atoms with van der Waals surface area (Å²) in [5.74, 6) is 0.432. The predicted octanol–water partition coefficient (Wildman–Crippen LogP) is 2.75. The second-order valence-corrected chi connectivity index (χ2v) is 8.05. The summed E-state index contributed by atoms with van der Waals surface area (Å²) in [6, 6.07) is 9.95. The number of nitrogens with one attached hydrogen (secondary N) is 2. The van der Waals surface area contributed by atoms with E-state index in [1.165, 1.54) is 6.08 Å². The smallest absolute Gasteiger partial charge is 0.243 e. The van der Waals surface area contributed by atoms with E-state index >= 15 is 0 Å². The van der Waals surface area contributed by atoms with Crippen LogP contribution < -0.4 is 10.6 Å². The molecule has 1 amide bonds. The van der Waals surface area contributed by atoms with Gasteiger partial charge in [-0.05, 0) is 68.6 Å². The van der Waals surface area contributed by atoms with Crippen molar-refractivity contribution in [2.75, 3.05) is 13.2 Å². The van der Waals surface area contributed by atoms with Crippen LogP contribution in [-0.2, 0) is 16.9 Å². The lowest BCUT2D eigenvalue weighted by molar-refractivity contribution is -0.118. The van der Waals surface area contributed by atoms with Crippen LogP contribution in [0.15, 0.2) is 43.0 Å². The maximum Gasteiger partial charge on any atom is 0.243 e. The van der Waals surface area contributed by atoms with Crippen LogP contribution in [0.2, 0.25) is 0 Å². The van der Waals surface area contributed by atoms with E-state index in [9.17, 15) is 9.18 Å². The van der Waals surface area contributed by atoms with Crippen molar-refractivity contribution < 1.29 is 9.18 Å². The van der Waals surface area contributed by atoms with E-state index in [1.807, 2.05) is 51.1 Å². The minimum absolute atomic E-state index is 0.237. The number of amides is 1. The molecule has 0 fully saturated rings. The molecule has 1 atom stereocenters. The Morgan fingerprint density at radius 2 is 1.97 bits per heavy atom. The van der Waals surface area contributed by atoms with Crippen LogP contribution in [0, 0.1) is 0 Å². The molecule has 8 heteroatoms. The van der Waals surface area contributed by atoms with E-state index in [0.717, 1.165) is 5.56 Å². The van der Waals surface area contributed by atoms with Crippen molar-refractivity contribution >= 4 is 5.91 Å². The Hall–Kier alpha value is -2.61. The zero-order valence-electron chi connectivity index (χ0n) is 17.5. The number of aromatic nitrogens is 4. The Morgan fingerprint density at radius 3 is 2.62 bits per heavy atom. The molecule has 7 nitrogen and oxygen atoms in total. The number of carbonyl (C=O) groups is 1. The molecule has 0 spiro atoms. The number of unbranched alkanes of at least 4 members (excludes halogenated alkanes) is 1. The lowest BCUT2D eigenvalue weighted by Crippen LogP contribution is -2.53. The molecule has 0 radical (unpaired) electrons. The van der Waals surface area contributed by atoms with Crippen molar-refractivity contribution in [2.24, 2.45) is 0 Å². The second-order valence-electron chi connectivity index (χ2n) is 8.05. The topological polar surface area (TPSA) is 84.7 Å². The molecule has 1 aromatic heterocycles. The molecule has 1 unspecified atom stereocenters. The number of tetrazole rings is 1. The summed E-state index contributed by atoms with van der Waals surface area (Å²) in [5, 5.41) is 18.8. The summed E-state index contributed by atoms with van der Waals surface area (Å²) >= 11 is 0. The fourth-order valence-electron chi connectivity index (χ4n) is 3.58. The number of nitrogens with zero attached hydrogens (tertiary/aromatic N) is 4. The second kappa shape index (κ2) is 10.2. The summed E-state index contributed by atoms with van der Waals surface area (Å²) in [4.78, 5) is 11.9. The van der Waals surface area contributed by atoms with Crippen molar-refractivity contribution in [2.45, 2.75) is 57.7 Å². The van der Waals surface area contributed by atoms with Crippen LogP contribution in [-0.4, -0.2) is 44.9 Å². The maximum atomic E-state index is 12.5. The van der Waals surface area contributed by atoms with Gasteiger partial charge in [-0.1, -0.05) is 36.9 Å². The van der Waals surface area contributed by atoms with E-state index in [0.29, 0.717) is 38.2 Å². The molecule has 2 N–H and O–H groups in total. The zero-order chi connectivity index (χ0) is 21.3. The first kappa shape index (κ1) is 22.7. The van der Waals surface area contributed by atoms with Gasteiger partial charge in [0.25, 0.3) is 0 Å². The summed E-state index contributed by atoms with van der Waals surface area (Å²) in [7, 11) is 0. The highest BCUT2D eigenvalue weighted by Crippen LogP contribution is 2.29. The van der Waals surface area contributed by atoms with Gasteiger partial charge in [0.1, 0.15) is 0 Å². The predicted molar refractivity (Wildman–Crippen MR) is 111 cm³/mol. The van der Waals surface area contributed by atoms with Gasteiger partial charge >= 0.3 is 0 Å². The lowest BCUT2D eigenvalue weighted by atomic mass is 9.84. The zero-order valence-corrected chi connectivity index (χ0v) is 17.5. The fourth-order valence-corrected chi connectivity index (χ4v) is 3.58. The Kier molecular flexibility index (Phi) is 8.01. The van der Waals surface area contributed by atoms with Gasteiger partial charge in [0.15, 0.2) is 5.82 Å². The average Bonchev–Trinajstić information content (AvgIpc) is 3.14. The number of hydrogen-bond donors (Lipinski definition) is 2. The Labute approximate surface area is 171 Å². The summed E-state index contributed by atoms with van der Waals surface area (Å²) in [5.41, 5.74) is -0.0940. The van der Waals surface area contributed by atoms with Gasteiger partial charge in [-0.25, -0.2) is 4.68 Å². The first-order valence-corrected chi connectivity index (χ1v) is 9.86. The fraction of sp³-hybridized carbons (Fsp3) is 0.524. The first-order valence-electron chi connectivity index (χ1n) is 9.86. The normalized spacial score (nSPS) is 13.7. The third-order valence-corrected chi connectivity index (χ3v) is 4.72. The van der Waals surface area contributed by atoms with Gasteiger partial charge in [0, 0.05) is 5.54 Å². The van der Waals surface area contributed by atoms with Gasteiger partial charge in [-0.3, -0.25) is 9.18 Å². The van der Waals surface area contributed by atoms with Gasteiger partial charge in [0.05, 0.1) is 18.8 Å². The van der Waals surface area contributed by atoms with Gasteiger partial charge in [0.2, 0.25) is 5.91 Å². The number of alkyl halides is 1. The third-order valence-electron chi connectivity index (χ3n) is 4.72. The molecule has 1 heterocycles. The molecule has 2 aromatic rings. The molecule has 0 bridgehead atoms. The quantitative estimate of drug-likeness (QED) is 0.421. The van der Waals surface area contributed by atoms with E-state index in [4.69, 9.17) is 0 Å². The minimum Gasteiger partial charge on any atom is -0.348 e. The van der Waals surface area contributed by atoms with E-state index < -0.39 is 11.1 Å². The van der Waals surface area contributed by atoms with Crippen molar-refractivity contribution in [3.05, 3.63) is 54.4 Å². The highest BCUT2D eigenvalue weighted by molar-refractivity contribution is 5.87. The third kappa shape index (κ3) is 6.74. The molecule has 0 aliphatic carbocycles. The number of halogens is 1. The number of carbonyl (C=O) groups excluding carboxylic acids is 1. The van der Waals surface area contributed by atoms with Crippen LogP contribution in [0.5, 0.6) is 0 Å². The van der Waals surface area contributed by atoms with E-state index in [1.54, 1.807) is 4.68 Å². The largest absolute Gasteiger partial charge is 0.348 e. The summed E-state index contributed by atoms with van der Waals surface area (Å²) < 4.78 is 14.3. The van der Waals surface area contributed by atoms with Gasteiger partial charge in [-0.2, -0.15) is 0 Å². The standard InChI is InChI=1S/C21H31FN6O/c1-5-18(29)24-20(2,3)16-21(4,23-14-10-9-13-22)19-25-26-27-28(19)15-17-11-7-6-8-12-17/h5-8,11-12,23H,1,9-10,13-16H2,2-4H3,(H,24,29). The lowest BCUT2D eigenvalue weighted by Gasteiger charge is -2.38. The molecule has 0 aliphatic heterocycles. The van der Waals surface area contributed by atoms with Crippen molar-refractivity contribution in [3.63, 3.8) is 0 Å². The molecule has 158 valence electrons. The van der Waals surface area contributed by atoms with Gasteiger partial charge < -0.3 is 10.6 Å². The molecule has 29 heavy (non-hydrogen) atoms. The van der Waals surface area contributed by atoms with Crippen LogP contribution in [0.25, 0.3) is 0 Å². The molecule has 2 rings (SSSR count). The molecule has 0 saturated carbocycles. The van der Waals surface area contributed by atoms with Crippen molar-refractivity contribution in [1.29, 1.82) is 0 Å².